The van der Waals surface area contributed by atoms with Crippen LogP contribution in [0.3, 0.4) is 0 Å². The average Bonchev–Trinajstić information content (AvgIpc) is 3.61. The summed E-state index contributed by atoms with van der Waals surface area (Å²) < 4.78 is 13.4. The maximum atomic E-state index is 14.8. The van der Waals surface area contributed by atoms with Crippen LogP contribution in [-0.2, 0) is 53.0 Å². The van der Waals surface area contributed by atoms with Gasteiger partial charge < -0.3 is 29.2 Å². The van der Waals surface area contributed by atoms with Crippen molar-refractivity contribution < 1.29 is 38.2 Å². The molecule has 65 heavy (non-hydrogen) atoms. The number of hydrogen-bond acceptors (Lipinski definition) is 10. The van der Waals surface area contributed by atoms with E-state index in [0.29, 0.717) is 41.8 Å². The molecule has 4 aromatic rings. The van der Waals surface area contributed by atoms with Gasteiger partial charge in [0.15, 0.2) is 0 Å². The number of amides is 5. The highest BCUT2D eigenvalue weighted by atomic mass is 35.5. The van der Waals surface area contributed by atoms with E-state index in [-0.39, 0.29) is 62.9 Å². The lowest BCUT2D eigenvalue weighted by atomic mass is 9.94. The highest BCUT2D eigenvalue weighted by Crippen LogP contribution is 2.33. The lowest BCUT2D eigenvalue weighted by molar-refractivity contribution is -0.155. The Morgan fingerprint density at radius 2 is 1.80 bits per heavy atom. The zero-order valence-corrected chi connectivity index (χ0v) is 38.0. The molecule has 0 radical (unpaired) electrons. The lowest BCUT2D eigenvalue weighted by Crippen LogP contribution is -2.63. The Hall–Kier alpha value is -6.44. The molecular weight excluding hydrogens is 852 g/mol. The molecule has 0 saturated carbocycles. The molecule has 2 fully saturated rings. The van der Waals surface area contributed by atoms with Crippen molar-refractivity contribution in [2.75, 3.05) is 44.5 Å². The van der Waals surface area contributed by atoms with Crippen LogP contribution in [0.15, 0.2) is 72.9 Å². The van der Waals surface area contributed by atoms with Crippen LogP contribution in [0, 0.1) is 28.6 Å². The number of ether oxygens (including phenoxy) is 2. The van der Waals surface area contributed by atoms with Gasteiger partial charge in [-0.3, -0.25) is 34.3 Å². The second-order valence-corrected chi connectivity index (χ2v) is 18.5. The number of hydrogen-bond donors (Lipinski definition) is 3. The van der Waals surface area contributed by atoms with E-state index < -0.39 is 53.3 Å². The average molecular weight is 907 g/mol. The fourth-order valence-corrected chi connectivity index (χ4v) is 8.93. The summed E-state index contributed by atoms with van der Waals surface area (Å²) in [5.74, 6) is -3.30. The standard InChI is InChI=1S/C48H55ClN8O8/c1-29(2)42(54(5)44(60)35-24-55(25-35)41(58)21-49)43(59)52-39-18-31-16-33(19-36(17-31)51-47(63)64-26-30-10-7-6-8-11-30)32-13-14-37-34(22-50)23-56(40(37)20-32)27-48(3,4)28-65-46(62)38-12-9-15-57(53-38)45(39)61/h6-8,10-11,13-14,16-17,19-20,23,29,35,38-39,42,53H,9,12,15,18,21,24-28H2,1-5H3,(H,51,63)(H,52,59)/t38-,39-,42-/m0/s1. The Kier molecular flexibility index (Phi) is 14.1. The van der Waals surface area contributed by atoms with Crippen molar-refractivity contribution in [1.82, 2.24) is 30.1 Å². The number of anilines is 1. The molecule has 3 aromatic carbocycles. The van der Waals surface area contributed by atoms with Crippen molar-refractivity contribution in [2.24, 2.45) is 17.3 Å². The summed E-state index contributed by atoms with van der Waals surface area (Å²) in [5.41, 5.74) is 6.88. The summed E-state index contributed by atoms with van der Waals surface area (Å²) in [4.78, 5) is 84.9. The number of halogens is 1. The molecule has 5 amide bonds. The van der Waals surface area contributed by atoms with Gasteiger partial charge in [0.25, 0.3) is 5.91 Å². The monoisotopic (exact) mass is 906 g/mol. The van der Waals surface area contributed by atoms with Gasteiger partial charge in [-0.2, -0.15) is 5.26 Å². The third-order valence-electron chi connectivity index (χ3n) is 12.1. The van der Waals surface area contributed by atoms with Crippen LogP contribution in [0.2, 0.25) is 0 Å². The molecule has 3 N–H and O–H groups in total. The zero-order valence-electron chi connectivity index (χ0n) is 37.3. The minimum atomic E-state index is -1.22. The molecule has 1 aromatic heterocycles. The van der Waals surface area contributed by atoms with E-state index in [1.165, 1.54) is 14.8 Å². The topological polar surface area (TPSA) is 195 Å². The largest absolute Gasteiger partial charge is 0.464 e. The van der Waals surface area contributed by atoms with E-state index in [1.807, 2.05) is 73.0 Å². The third kappa shape index (κ3) is 10.8. The van der Waals surface area contributed by atoms with Gasteiger partial charge >= 0.3 is 12.1 Å². The molecule has 7 rings (SSSR count). The molecule has 3 aliphatic rings. The molecule has 4 heterocycles. The number of esters is 1. The Morgan fingerprint density at radius 3 is 2.51 bits per heavy atom. The summed E-state index contributed by atoms with van der Waals surface area (Å²) >= 11 is 5.73. The number of cyclic esters (lactones) is 1. The second-order valence-electron chi connectivity index (χ2n) is 18.2. The molecule has 2 saturated heterocycles. The minimum Gasteiger partial charge on any atom is -0.464 e. The zero-order chi connectivity index (χ0) is 46.6. The normalized spacial score (nSPS) is 19.3. The third-order valence-corrected chi connectivity index (χ3v) is 12.4. The van der Waals surface area contributed by atoms with Crippen molar-refractivity contribution in [2.45, 2.75) is 78.2 Å². The first-order valence-electron chi connectivity index (χ1n) is 21.8. The molecule has 3 aliphatic heterocycles. The Bertz CT molecular complexity index is 2510. The lowest BCUT2D eigenvalue weighted by Gasteiger charge is -2.42. The number of aromatic nitrogens is 1. The smallest absolute Gasteiger partial charge is 0.411 e. The van der Waals surface area contributed by atoms with Crippen molar-refractivity contribution >= 4 is 63.9 Å². The number of likely N-dealkylation sites (N-methyl/N-ethyl adjacent to an activating group) is 1. The molecule has 16 nitrogen and oxygen atoms in total. The molecule has 6 bridgehead atoms. The van der Waals surface area contributed by atoms with Crippen molar-refractivity contribution in [3.8, 4) is 17.2 Å². The van der Waals surface area contributed by atoms with Gasteiger partial charge in [0, 0.05) is 62.3 Å². The number of carbonyl (C=O) groups excluding carboxylic acids is 6. The van der Waals surface area contributed by atoms with Gasteiger partial charge in [0.2, 0.25) is 17.7 Å². The van der Waals surface area contributed by atoms with Crippen molar-refractivity contribution in [3.63, 3.8) is 0 Å². The van der Waals surface area contributed by atoms with Crippen LogP contribution in [-0.4, -0.2) is 112 Å². The number of fused-ring (bicyclic) bond motifs is 6. The molecule has 3 atom stereocenters. The van der Waals surface area contributed by atoms with E-state index in [1.54, 1.807) is 39.2 Å². The number of nitrogens with zero attached hydrogens (tertiary/aromatic N) is 5. The van der Waals surface area contributed by atoms with Crippen molar-refractivity contribution in [1.29, 1.82) is 5.26 Å². The number of rotatable bonds is 9. The Labute approximate surface area is 383 Å². The van der Waals surface area contributed by atoms with Crippen LogP contribution in [0.1, 0.15) is 57.2 Å². The van der Waals surface area contributed by atoms with E-state index >= 15 is 0 Å². The van der Waals surface area contributed by atoms with Crippen LogP contribution < -0.4 is 16.1 Å². The first-order valence-corrected chi connectivity index (χ1v) is 22.4. The second kappa shape index (κ2) is 19.7. The highest BCUT2D eigenvalue weighted by molar-refractivity contribution is 6.27. The summed E-state index contributed by atoms with van der Waals surface area (Å²) in [5, 5.41) is 18.0. The molecular formula is C48H55ClN8O8. The predicted molar refractivity (Wildman–Crippen MR) is 243 cm³/mol. The van der Waals surface area contributed by atoms with E-state index in [4.69, 9.17) is 21.1 Å². The number of likely N-dealkylation sites (tertiary alicyclic amines) is 1. The molecule has 342 valence electrons. The highest BCUT2D eigenvalue weighted by Gasteiger charge is 2.42. The summed E-state index contributed by atoms with van der Waals surface area (Å²) in [6, 6.07) is 19.6. The van der Waals surface area contributed by atoms with Crippen LogP contribution in [0.5, 0.6) is 0 Å². The first kappa shape index (κ1) is 46.5. The number of benzene rings is 3. The van der Waals surface area contributed by atoms with E-state index in [2.05, 4.69) is 22.1 Å². The maximum absolute atomic E-state index is 14.8. The van der Waals surface area contributed by atoms with Gasteiger partial charge in [0.05, 0.1) is 23.6 Å². The predicted octanol–water partition coefficient (Wildman–Crippen LogP) is 5.21. The minimum absolute atomic E-state index is 0.0307. The van der Waals surface area contributed by atoms with Gasteiger partial charge in [-0.1, -0.05) is 76.2 Å². The number of nitriles is 1. The molecule has 0 unspecified atom stereocenters. The van der Waals surface area contributed by atoms with Gasteiger partial charge in [0.1, 0.15) is 36.7 Å². The van der Waals surface area contributed by atoms with Crippen LogP contribution in [0.4, 0.5) is 10.5 Å². The molecule has 0 aliphatic carbocycles. The van der Waals surface area contributed by atoms with Crippen LogP contribution >= 0.6 is 11.6 Å². The molecule has 0 spiro atoms. The number of hydrazine groups is 1. The Balaban J connectivity index is 1.27. The first-order chi connectivity index (χ1) is 31.0. The van der Waals surface area contributed by atoms with Gasteiger partial charge in [-0.25, -0.2) is 10.2 Å². The summed E-state index contributed by atoms with van der Waals surface area (Å²) in [7, 11) is 1.54. The maximum Gasteiger partial charge on any atom is 0.411 e. The summed E-state index contributed by atoms with van der Waals surface area (Å²) in [6.07, 6.45) is 1.90. The van der Waals surface area contributed by atoms with Crippen LogP contribution in [0.25, 0.3) is 22.0 Å². The quantitative estimate of drug-likeness (QED) is 0.148. The fourth-order valence-electron chi connectivity index (χ4n) is 8.76. The number of alkyl halides is 1. The number of nitrogens with one attached hydrogen (secondary N) is 3. The van der Waals surface area contributed by atoms with E-state index in [0.717, 1.165) is 22.0 Å². The number of carbonyl (C=O) groups is 6. The van der Waals surface area contributed by atoms with E-state index in [9.17, 15) is 34.0 Å². The van der Waals surface area contributed by atoms with Crippen molar-refractivity contribution in [3.05, 3.63) is 89.6 Å². The summed E-state index contributed by atoms with van der Waals surface area (Å²) in [6.45, 7) is 8.66. The Morgan fingerprint density at radius 1 is 1.05 bits per heavy atom. The fraction of sp³-hybridized carbons (Fsp3) is 0.438. The molecule has 17 heteroatoms. The van der Waals surface area contributed by atoms with Gasteiger partial charge in [-0.05, 0) is 59.2 Å². The SMILES string of the molecule is CC(C)[C@@H](C(=O)N[C@H]1Cc2cc(NC(=O)OCc3ccccc3)cc(c2)-c2ccc3c(C#N)cn(c3c2)CC(C)(C)COC(=O)[C@@H]2CCCN(N2)C1=O)N(C)C(=O)C1CN(C(=O)CCl)C1. The van der Waals surface area contributed by atoms with Gasteiger partial charge in [-0.15, -0.1) is 11.6 Å².